The SMILES string of the molecule is CCC(C)(C)Oc1ccc(CCCCNC(=O)Cc2ccccc2)c(OC(C)(C)CC)c1. The second-order valence-electron chi connectivity index (χ2n) is 9.67. The number of nitrogens with one attached hydrogen (secondary N) is 1. The molecule has 4 nitrogen and oxygen atoms in total. The number of aryl methyl sites for hydroxylation is 1. The number of ether oxygens (including phenoxy) is 2. The quantitative estimate of drug-likeness (QED) is 0.362. The number of benzene rings is 2. The van der Waals surface area contributed by atoms with Crippen LogP contribution in [0.25, 0.3) is 0 Å². The number of carbonyl (C=O) groups is 1. The molecule has 0 aliphatic carbocycles. The van der Waals surface area contributed by atoms with Gasteiger partial charge in [-0.3, -0.25) is 4.79 Å². The second-order valence-corrected chi connectivity index (χ2v) is 9.67. The van der Waals surface area contributed by atoms with Crippen LogP contribution < -0.4 is 14.8 Å². The second kappa shape index (κ2) is 11.9. The maximum absolute atomic E-state index is 12.1. The molecule has 0 radical (unpaired) electrons. The highest BCUT2D eigenvalue weighted by molar-refractivity contribution is 5.78. The van der Waals surface area contributed by atoms with Crippen LogP contribution in [-0.2, 0) is 17.6 Å². The normalized spacial score (nSPS) is 11.8. The van der Waals surface area contributed by atoms with E-state index in [0.717, 1.165) is 49.2 Å². The van der Waals surface area contributed by atoms with E-state index in [-0.39, 0.29) is 17.1 Å². The van der Waals surface area contributed by atoms with Crippen LogP contribution in [0.1, 0.15) is 78.4 Å². The summed E-state index contributed by atoms with van der Waals surface area (Å²) in [7, 11) is 0. The molecule has 0 spiro atoms. The van der Waals surface area contributed by atoms with Crippen LogP contribution in [0.4, 0.5) is 0 Å². The third kappa shape index (κ3) is 8.94. The van der Waals surface area contributed by atoms with Gasteiger partial charge in [0.05, 0.1) is 6.42 Å². The summed E-state index contributed by atoms with van der Waals surface area (Å²) in [6.45, 7) is 13.4. The number of hydrogen-bond acceptors (Lipinski definition) is 3. The van der Waals surface area contributed by atoms with Crippen LogP contribution in [0.3, 0.4) is 0 Å². The molecule has 0 atom stereocenters. The Labute approximate surface area is 194 Å². The molecule has 2 aromatic rings. The summed E-state index contributed by atoms with van der Waals surface area (Å²) in [5, 5.41) is 3.03. The molecule has 1 amide bonds. The van der Waals surface area contributed by atoms with E-state index >= 15 is 0 Å². The molecule has 0 bridgehead atoms. The van der Waals surface area contributed by atoms with Gasteiger partial charge in [-0.25, -0.2) is 0 Å². The predicted octanol–water partition coefficient (Wildman–Crippen LogP) is 6.50. The third-order valence-corrected chi connectivity index (χ3v) is 5.92. The van der Waals surface area contributed by atoms with Gasteiger partial charge in [-0.05, 0) is 77.0 Å². The molecule has 0 aromatic heterocycles. The maximum atomic E-state index is 12.1. The molecule has 0 saturated carbocycles. The zero-order valence-electron chi connectivity index (χ0n) is 20.8. The van der Waals surface area contributed by atoms with Crippen molar-refractivity contribution in [3.8, 4) is 11.5 Å². The van der Waals surface area contributed by atoms with Crippen molar-refractivity contribution in [3.05, 3.63) is 59.7 Å². The Bertz CT molecular complexity index is 843. The van der Waals surface area contributed by atoms with E-state index in [1.54, 1.807) is 0 Å². The van der Waals surface area contributed by atoms with Crippen LogP contribution in [0.5, 0.6) is 11.5 Å². The van der Waals surface area contributed by atoms with Gasteiger partial charge < -0.3 is 14.8 Å². The van der Waals surface area contributed by atoms with Gasteiger partial charge in [-0.15, -0.1) is 0 Å². The van der Waals surface area contributed by atoms with Crippen LogP contribution in [0, 0.1) is 0 Å². The first-order chi connectivity index (χ1) is 15.1. The summed E-state index contributed by atoms with van der Waals surface area (Å²) < 4.78 is 12.6. The largest absolute Gasteiger partial charge is 0.488 e. The topological polar surface area (TPSA) is 47.6 Å². The summed E-state index contributed by atoms with van der Waals surface area (Å²) in [4.78, 5) is 12.1. The zero-order chi connectivity index (χ0) is 23.6. The molecule has 0 aliphatic heterocycles. The average Bonchev–Trinajstić information content (AvgIpc) is 2.75. The minimum absolute atomic E-state index is 0.0740. The lowest BCUT2D eigenvalue weighted by Gasteiger charge is -2.29. The summed E-state index contributed by atoms with van der Waals surface area (Å²) >= 11 is 0. The van der Waals surface area contributed by atoms with E-state index < -0.39 is 0 Å². The zero-order valence-corrected chi connectivity index (χ0v) is 20.8. The Morgan fingerprint density at radius 1 is 0.875 bits per heavy atom. The molecular formula is C28H41NO3. The van der Waals surface area contributed by atoms with Crippen molar-refractivity contribution in [2.24, 2.45) is 0 Å². The van der Waals surface area contributed by atoms with Crippen molar-refractivity contribution < 1.29 is 14.3 Å². The van der Waals surface area contributed by atoms with Crippen LogP contribution >= 0.6 is 0 Å². The van der Waals surface area contributed by atoms with Gasteiger partial charge >= 0.3 is 0 Å². The smallest absolute Gasteiger partial charge is 0.224 e. The Hall–Kier alpha value is -2.49. The highest BCUT2D eigenvalue weighted by Crippen LogP contribution is 2.32. The molecule has 4 heteroatoms. The van der Waals surface area contributed by atoms with Crippen molar-refractivity contribution in [1.82, 2.24) is 5.32 Å². The van der Waals surface area contributed by atoms with Crippen molar-refractivity contribution in [2.45, 2.75) is 91.3 Å². The Morgan fingerprint density at radius 2 is 1.53 bits per heavy atom. The van der Waals surface area contributed by atoms with E-state index in [9.17, 15) is 4.79 Å². The third-order valence-electron chi connectivity index (χ3n) is 5.92. The fraction of sp³-hybridized carbons (Fsp3) is 0.536. The summed E-state index contributed by atoms with van der Waals surface area (Å²) in [5.74, 6) is 1.81. The standard InChI is InChI=1S/C28H41NO3/c1-7-27(3,4)31-24-18-17-23(25(21-24)32-28(5,6)8-2)16-12-13-19-29-26(30)20-22-14-10-9-11-15-22/h9-11,14-15,17-18,21H,7-8,12-13,16,19-20H2,1-6H3,(H,29,30). The van der Waals surface area contributed by atoms with E-state index in [1.807, 2.05) is 42.5 Å². The lowest BCUT2D eigenvalue weighted by molar-refractivity contribution is -0.120. The van der Waals surface area contributed by atoms with Crippen molar-refractivity contribution in [3.63, 3.8) is 0 Å². The average molecular weight is 440 g/mol. The Morgan fingerprint density at radius 3 is 2.19 bits per heavy atom. The number of unbranched alkanes of at least 4 members (excludes halogenated alkanes) is 1. The van der Waals surface area contributed by atoms with Gasteiger partial charge in [0, 0.05) is 12.6 Å². The number of carbonyl (C=O) groups excluding carboxylic acids is 1. The number of hydrogen-bond donors (Lipinski definition) is 1. The van der Waals surface area contributed by atoms with Gasteiger partial charge in [0.1, 0.15) is 22.7 Å². The van der Waals surface area contributed by atoms with Crippen molar-refractivity contribution >= 4 is 5.91 Å². The summed E-state index contributed by atoms with van der Waals surface area (Å²) in [6.07, 6.45) is 5.10. The molecule has 0 fully saturated rings. The summed E-state index contributed by atoms with van der Waals surface area (Å²) in [6, 6.07) is 16.0. The molecule has 176 valence electrons. The van der Waals surface area contributed by atoms with E-state index in [1.165, 1.54) is 5.56 Å². The first-order valence-corrected chi connectivity index (χ1v) is 12.0. The molecule has 0 saturated heterocycles. The summed E-state index contributed by atoms with van der Waals surface area (Å²) in [5.41, 5.74) is 1.78. The number of rotatable bonds is 13. The van der Waals surface area contributed by atoms with Gasteiger partial charge in [0.15, 0.2) is 0 Å². The number of amides is 1. The molecule has 1 N–H and O–H groups in total. The highest BCUT2D eigenvalue weighted by atomic mass is 16.5. The first-order valence-electron chi connectivity index (χ1n) is 12.0. The van der Waals surface area contributed by atoms with Crippen molar-refractivity contribution in [2.75, 3.05) is 6.54 Å². The van der Waals surface area contributed by atoms with Gasteiger partial charge in [-0.2, -0.15) is 0 Å². The van der Waals surface area contributed by atoms with Gasteiger partial charge in [0.2, 0.25) is 5.91 Å². The molecule has 2 rings (SSSR count). The predicted molar refractivity (Wildman–Crippen MR) is 133 cm³/mol. The lowest BCUT2D eigenvalue weighted by atomic mass is 10.0. The Kier molecular flexibility index (Phi) is 9.61. The minimum Gasteiger partial charge on any atom is -0.488 e. The molecule has 32 heavy (non-hydrogen) atoms. The van der Waals surface area contributed by atoms with Crippen LogP contribution in [-0.4, -0.2) is 23.7 Å². The van der Waals surface area contributed by atoms with E-state index in [0.29, 0.717) is 13.0 Å². The molecule has 0 heterocycles. The van der Waals surface area contributed by atoms with E-state index in [4.69, 9.17) is 9.47 Å². The molecular weight excluding hydrogens is 398 g/mol. The fourth-order valence-electron chi connectivity index (χ4n) is 3.17. The van der Waals surface area contributed by atoms with Gasteiger partial charge in [-0.1, -0.05) is 50.2 Å². The fourth-order valence-corrected chi connectivity index (χ4v) is 3.17. The monoisotopic (exact) mass is 439 g/mol. The molecule has 0 unspecified atom stereocenters. The maximum Gasteiger partial charge on any atom is 0.224 e. The van der Waals surface area contributed by atoms with E-state index in [2.05, 4.69) is 52.9 Å². The van der Waals surface area contributed by atoms with Crippen LogP contribution in [0.15, 0.2) is 48.5 Å². The van der Waals surface area contributed by atoms with Crippen molar-refractivity contribution in [1.29, 1.82) is 0 Å². The van der Waals surface area contributed by atoms with Gasteiger partial charge in [0.25, 0.3) is 0 Å². The molecule has 2 aromatic carbocycles. The highest BCUT2D eigenvalue weighted by Gasteiger charge is 2.21. The minimum atomic E-state index is -0.237. The molecule has 0 aliphatic rings. The van der Waals surface area contributed by atoms with Crippen LogP contribution in [0.2, 0.25) is 0 Å². The lowest BCUT2D eigenvalue weighted by Crippen LogP contribution is -2.28. The Balaban J connectivity index is 1.92. The first kappa shape index (κ1) is 25.8.